The van der Waals surface area contributed by atoms with E-state index in [0.717, 1.165) is 0 Å². The van der Waals surface area contributed by atoms with Gasteiger partial charge in [0.15, 0.2) is 5.78 Å². The van der Waals surface area contributed by atoms with Gasteiger partial charge in [-0.25, -0.2) is 0 Å². The maximum atomic E-state index is 10.4. The largest absolute Gasteiger partial charge is 0.312 e. The number of ketones is 2. The second-order valence-corrected chi connectivity index (χ2v) is 2.99. The van der Waals surface area contributed by atoms with Gasteiger partial charge >= 0.3 is 5.41 Å². The number of nitriles is 4. The fourth-order valence-corrected chi connectivity index (χ4v) is 0.797. The molecule has 1 rings (SSSR count). The molecule has 0 radical (unpaired) electrons. The van der Waals surface area contributed by atoms with Crippen LogP contribution in [0.25, 0.3) is 0 Å². The number of allylic oxidation sites excluding steroid dienone is 2. The molecular weight excluding hydrogens is 220 g/mol. The summed E-state index contributed by atoms with van der Waals surface area (Å²) < 4.78 is 0. The fourth-order valence-electron chi connectivity index (χ4n) is 0.797. The van der Waals surface area contributed by atoms with Gasteiger partial charge in [0.1, 0.15) is 30.1 Å². The minimum absolute atomic E-state index is 0.0255. The number of nitrogens with zero attached hydrogens (tertiary/aromatic N) is 4. The quantitative estimate of drug-likeness (QED) is 0.554. The Bertz CT molecular complexity index is 458. The van der Waals surface area contributed by atoms with Crippen LogP contribution in [0.2, 0.25) is 0 Å². The summed E-state index contributed by atoms with van der Waals surface area (Å²) in [6.07, 6.45) is 3.61. The van der Waals surface area contributed by atoms with E-state index in [9.17, 15) is 9.59 Å². The normalized spacial score (nSPS) is 13.2. The lowest BCUT2D eigenvalue weighted by molar-refractivity contribution is -0.124. The van der Waals surface area contributed by atoms with Crippen molar-refractivity contribution < 1.29 is 9.59 Å². The van der Waals surface area contributed by atoms with Crippen molar-refractivity contribution in [2.45, 2.75) is 12.8 Å². The second kappa shape index (κ2) is 6.51. The molecule has 0 saturated carbocycles. The molecule has 0 spiro atoms. The van der Waals surface area contributed by atoms with E-state index in [1.54, 1.807) is 6.08 Å². The van der Waals surface area contributed by atoms with Crippen molar-refractivity contribution >= 4 is 11.6 Å². The van der Waals surface area contributed by atoms with Gasteiger partial charge in [0, 0.05) is 6.42 Å². The van der Waals surface area contributed by atoms with E-state index in [4.69, 9.17) is 21.0 Å². The molecule has 82 valence electrons. The Labute approximate surface area is 97.6 Å². The number of carbonyl (C=O) groups is 2. The first-order valence-corrected chi connectivity index (χ1v) is 4.39. The average Bonchev–Trinajstić information content (AvgIpc) is 2.33. The second-order valence-electron chi connectivity index (χ2n) is 2.99. The van der Waals surface area contributed by atoms with E-state index in [0.29, 0.717) is 6.42 Å². The molecule has 0 amide bonds. The van der Waals surface area contributed by atoms with Crippen molar-refractivity contribution in [3.63, 3.8) is 0 Å². The summed E-state index contributed by atoms with van der Waals surface area (Å²) in [5.41, 5.74) is -2.11. The van der Waals surface area contributed by atoms with Gasteiger partial charge in [-0.2, -0.15) is 21.0 Å². The highest BCUT2D eigenvalue weighted by molar-refractivity contribution is 6.07. The van der Waals surface area contributed by atoms with Crippen LogP contribution in [-0.2, 0) is 9.59 Å². The average molecular weight is 226 g/mol. The molecule has 0 aromatic heterocycles. The first kappa shape index (κ1) is 14.0. The van der Waals surface area contributed by atoms with Gasteiger partial charge in [0.25, 0.3) is 0 Å². The molecule has 0 atom stereocenters. The van der Waals surface area contributed by atoms with E-state index in [-0.39, 0.29) is 18.0 Å². The summed E-state index contributed by atoms with van der Waals surface area (Å²) >= 11 is 0. The molecule has 6 heteroatoms. The molecule has 0 aromatic carbocycles. The van der Waals surface area contributed by atoms with E-state index in [1.165, 1.54) is 30.4 Å². The molecule has 0 fully saturated rings. The summed E-state index contributed by atoms with van der Waals surface area (Å²) in [6.45, 7) is 0. The molecule has 17 heavy (non-hydrogen) atoms. The van der Waals surface area contributed by atoms with Crippen LogP contribution in [0.15, 0.2) is 12.2 Å². The summed E-state index contributed by atoms with van der Waals surface area (Å²) in [6, 6.07) is 5.12. The molecule has 0 aromatic rings. The van der Waals surface area contributed by atoms with Crippen LogP contribution in [0.1, 0.15) is 12.8 Å². The third-order valence-corrected chi connectivity index (χ3v) is 1.69. The highest BCUT2D eigenvalue weighted by Crippen LogP contribution is 2.09. The third-order valence-electron chi connectivity index (χ3n) is 1.69. The van der Waals surface area contributed by atoms with Gasteiger partial charge in [-0.05, 0) is 6.08 Å². The molecule has 1 aliphatic rings. The third kappa shape index (κ3) is 4.38. The maximum Gasteiger partial charge on any atom is 0.312 e. The van der Waals surface area contributed by atoms with Gasteiger partial charge in [-0.3, -0.25) is 9.59 Å². The van der Waals surface area contributed by atoms with E-state index < -0.39 is 5.41 Å². The van der Waals surface area contributed by atoms with Crippen molar-refractivity contribution in [3.05, 3.63) is 12.2 Å². The minimum Gasteiger partial charge on any atom is -0.299 e. The first-order valence-electron chi connectivity index (χ1n) is 4.39. The summed E-state index contributed by atoms with van der Waals surface area (Å²) in [7, 11) is 0. The number of Topliss-reactive ketones (excluding diaryl/α,β-unsaturated/α-hetero) is 1. The van der Waals surface area contributed by atoms with Gasteiger partial charge in [-0.15, -0.1) is 0 Å². The molecule has 0 heterocycles. The number of hydrogen-bond donors (Lipinski definition) is 0. The lowest BCUT2D eigenvalue weighted by atomic mass is 9.97. The molecule has 1 aliphatic carbocycles. The van der Waals surface area contributed by atoms with Crippen molar-refractivity contribution in [1.82, 2.24) is 0 Å². The Balaban J connectivity index is 0.000000302. The van der Waals surface area contributed by atoms with E-state index in [2.05, 4.69) is 0 Å². The van der Waals surface area contributed by atoms with E-state index >= 15 is 0 Å². The van der Waals surface area contributed by atoms with Crippen LogP contribution in [0.3, 0.4) is 0 Å². The molecular formula is C11H6N4O2. The number of carbonyl (C=O) groups excluding carboxylic acids is 2. The van der Waals surface area contributed by atoms with Gasteiger partial charge < -0.3 is 0 Å². The van der Waals surface area contributed by atoms with Crippen molar-refractivity contribution in [2.75, 3.05) is 0 Å². The van der Waals surface area contributed by atoms with Crippen molar-refractivity contribution in [2.24, 2.45) is 5.41 Å². The van der Waals surface area contributed by atoms with Gasteiger partial charge in [0.2, 0.25) is 0 Å². The van der Waals surface area contributed by atoms with Crippen LogP contribution in [-0.4, -0.2) is 11.6 Å². The topological polar surface area (TPSA) is 129 Å². The molecule has 0 bridgehead atoms. The Morgan fingerprint density at radius 1 is 1.00 bits per heavy atom. The molecule has 0 N–H and O–H groups in total. The van der Waals surface area contributed by atoms with E-state index in [1.807, 2.05) is 0 Å². The zero-order chi connectivity index (χ0) is 13.3. The molecule has 0 unspecified atom stereocenters. The zero-order valence-corrected chi connectivity index (χ0v) is 8.67. The fraction of sp³-hybridized carbons (Fsp3) is 0.273. The van der Waals surface area contributed by atoms with Crippen LogP contribution in [0, 0.1) is 50.7 Å². The lowest BCUT2D eigenvalue weighted by Crippen LogP contribution is -2.08. The lowest BCUT2D eigenvalue weighted by Gasteiger charge is -1.97. The predicted molar refractivity (Wildman–Crippen MR) is 53.3 cm³/mol. The maximum absolute atomic E-state index is 10.4. The van der Waals surface area contributed by atoms with Gasteiger partial charge in [0.05, 0.1) is 6.42 Å². The number of hydrogen-bond acceptors (Lipinski definition) is 6. The smallest absolute Gasteiger partial charge is 0.299 e. The Morgan fingerprint density at radius 3 is 1.65 bits per heavy atom. The van der Waals surface area contributed by atoms with Crippen LogP contribution in [0.5, 0.6) is 0 Å². The first-order chi connectivity index (χ1) is 8.03. The van der Waals surface area contributed by atoms with Crippen molar-refractivity contribution in [3.8, 4) is 24.3 Å². The van der Waals surface area contributed by atoms with Crippen LogP contribution < -0.4 is 0 Å². The molecule has 0 saturated heterocycles. The Morgan fingerprint density at radius 2 is 1.47 bits per heavy atom. The highest BCUT2D eigenvalue weighted by Gasteiger charge is 2.28. The Hall–Kier alpha value is -2.96. The standard InChI is InChI=1S/C6H6O2.C5N4/c7-5-2-1-3-6(8)4-5;6-1-5(2-7,3-8)4-9/h1-2H,3-4H2;. The zero-order valence-electron chi connectivity index (χ0n) is 8.67. The van der Waals surface area contributed by atoms with Crippen molar-refractivity contribution in [1.29, 1.82) is 21.0 Å². The monoisotopic (exact) mass is 226 g/mol. The summed E-state index contributed by atoms with van der Waals surface area (Å²) in [4.78, 5) is 20.8. The summed E-state index contributed by atoms with van der Waals surface area (Å²) in [5.74, 6) is -0.0428. The Kier molecular flexibility index (Phi) is 5.38. The van der Waals surface area contributed by atoms with Gasteiger partial charge in [-0.1, -0.05) is 6.08 Å². The summed E-state index contributed by atoms with van der Waals surface area (Å²) in [5, 5.41) is 32.2. The minimum atomic E-state index is -2.11. The predicted octanol–water partition coefficient (Wildman–Crippen LogP) is 0.542. The molecule has 0 aliphatic heterocycles. The van der Waals surface area contributed by atoms with Crippen LogP contribution >= 0.6 is 0 Å². The SMILES string of the molecule is N#CC(C#N)(C#N)C#N.O=C1C=CCC(=O)C1. The molecule has 6 nitrogen and oxygen atoms in total. The van der Waals surface area contributed by atoms with Crippen LogP contribution in [0.4, 0.5) is 0 Å². The highest BCUT2D eigenvalue weighted by atomic mass is 16.1. The number of rotatable bonds is 0.